The molecule has 0 bridgehead atoms. The molecule has 0 aliphatic carbocycles. The summed E-state index contributed by atoms with van der Waals surface area (Å²) in [4.78, 5) is 12.1. The Kier molecular flexibility index (Phi) is 8.86. The molecule has 2 atom stereocenters. The highest BCUT2D eigenvalue weighted by Gasteiger charge is 2.22. The number of hydrogen-bond acceptors (Lipinski definition) is 2. The maximum absolute atomic E-state index is 12.1. The Morgan fingerprint density at radius 1 is 1.25 bits per heavy atom. The highest BCUT2D eigenvalue weighted by molar-refractivity contribution is 6.31. The van der Waals surface area contributed by atoms with Gasteiger partial charge < -0.3 is 10.6 Å². The van der Waals surface area contributed by atoms with Crippen molar-refractivity contribution in [2.75, 3.05) is 13.6 Å². The van der Waals surface area contributed by atoms with Gasteiger partial charge in [0.15, 0.2) is 0 Å². The molecule has 0 saturated heterocycles. The van der Waals surface area contributed by atoms with E-state index in [0.29, 0.717) is 11.6 Å². The lowest BCUT2D eigenvalue weighted by Crippen LogP contribution is -2.38. The van der Waals surface area contributed by atoms with Crippen molar-refractivity contribution in [1.82, 2.24) is 10.6 Å². The quantitative estimate of drug-likeness (QED) is 0.843. The SMILES string of the molecule is CNCC(C)C(=O)NC(c1ccccc1Cl)C(C)C.Cl. The summed E-state index contributed by atoms with van der Waals surface area (Å²) in [7, 11) is 1.85. The summed E-state index contributed by atoms with van der Waals surface area (Å²) in [5, 5.41) is 6.81. The lowest BCUT2D eigenvalue weighted by molar-refractivity contribution is -0.125. The molecule has 1 aromatic carbocycles. The molecule has 2 unspecified atom stereocenters. The standard InChI is InChI=1S/C15H23ClN2O.ClH/c1-10(2)14(12-7-5-6-8-13(12)16)18-15(19)11(3)9-17-4;/h5-8,10-11,14,17H,9H2,1-4H3,(H,18,19);1H. The maximum atomic E-state index is 12.1. The number of halogens is 2. The third-order valence-electron chi connectivity index (χ3n) is 3.16. The highest BCUT2D eigenvalue weighted by Crippen LogP contribution is 2.28. The largest absolute Gasteiger partial charge is 0.349 e. The normalized spacial score (nSPS) is 13.5. The van der Waals surface area contributed by atoms with Gasteiger partial charge in [0.2, 0.25) is 5.91 Å². The van der Waals surface area contributed by atoms with Gasteiger partial charge >= 0.3 is 0 Å². The van der Waals surface area contributed by atoms with Crippen LogP contribution in [0.4, 0.5) is 0 Å². The Balaban J connectivity index is 0.00000361. The molecule has 0 heterocycles. The molecule has 114 valence electrons. The van der Waals surface area contributed by atoms with E-state index in [-0.39, 0.29) is 36.2 Å². The van der Waals surface area contributed by atoms with Crippen molar-refractivity contribution < 1.29 is 4.79 Å². The van der Waals surface area contributed by atoms with E-state index < -0.39 is 0 Å². The van der Waals surface area contributed by atoms with Crippen LogP contribution in [0.2, 0.25) is 5.02 Å². The minimum atomic E-state index is -0.0614. The third-order valence-corrected chi connectivity index (χ3v) is 3.51. The Morgan fingerprint density at radius 2 is 1.85 bits per heavy atom. The molecule has 0 aromatic heterocycles. The molecule has 0 spiro atoms. The van der Waals surface area contributed by atoms with Crippen molar-refractivity contribution >= 4 is 29.9 Å². The Morgan fingerprint density at radius 3 is 2.35 bits per heavy atom. The van der Waals surface area contributed by atoms with E-state index in [1.165, 1.54) is 0 Å². The number of carbonyl (C=O) groups excluding carboxylic acids is 1. The van der Waals surface area contributed by atoms with Crippen LogP contribution in [-0.4, -0.2) is 19.5 Å². The topological polar surface area (TPSA) is 41.1 Å². The van der Waals surface area contributed by atoms with Gasteiger partial charge in [0.05, 0.1) is 6.04 Å². The first kappa shape index (κ1) is 19.2. The van der Waals surface area contributed by atoms with Gasteiger partial charge in [-0.05, 0) is 24.6 Å². The summed E-state index contributed by atoms with van der Waals surface area (Å²) >= 11 is 6.22. The van der Waals surface area contributed by atoms with Crippen molar-refractivity contribution in [2.24, 2.45) is 11.8 Å². The van der Waals surface area contributed by atoms with Gasteiger partial charge in [0.1, 0.15) is 0 Å². The summed E-state index contributed by atoms with van der Waals surface area (Å²) in [6.45, 7) is 6.74. The van der Waals surface area contributed by atoms with Crippen LogP contribution in [0.3, 0.4) is 0 Å². The van der Waals surface area contributed by atoms with Crippen LogP contribution in [0.15, 0.2) is 24.3 Å². The lowest BCUT2D eigenvalue weighted by Gasteiger charge is -2.25. The fraction of sp³-hybridized carbons (Fsp3) is 0.533. The molecule has 1 aromatic rings. The molecule has 0 fully saturated rings. The summed E-state index contributed by atoms with van der Waals surface area (Å²) in [6.07, 6.45) is 0. The minimum absolute atomic E-state index is 0. The fourth-order valence-electron chi connectivity index (χ4n) is 2.03. The van der Waals surface area contributed by atoms with Crippen LogP contribution >= 0.6 is 24.0 Å². The van der Waals surface area contributed by atoms with Crippen LogP contribution in [0.1, 0.15) is 32.4 Å². The number of rotatable bonds is 6. The van der Waals surface area contributed by atoms with E-state index in [2.05, 4.69) is 24.5 Å². The van der Waals surface area contributed by atoms with Crippen LogP contribution in [0.25, 0.3) is 0 Å². The minimum Gasteiger partial charge on any atom is -0.349 e. The molecular weight excluding hydrogens is 295 g/mol. The fourth-order valence-corrected chi connectivity index (χ4v) is 2.28. The van der Waals surface area contributed by atoms with Gasteiger partial charge in [-0.3, -0.25) is 4.79 Å². The maximum Gasteiger partial charge on any atom is 0.224 e. The van der Waals surface area contributed by atoms with E-state index >= 15 is 0 Å². The van der Waals surface area contributed by atoms with Crippen molar-refractivity contribution in [3.8, 4) is 0 Å². The van der Waals surface area contributed by atoms with E-state index in [9.17, 15) is 4.79 Å². The zero-order valence-corrected chi connectivity index (χ0v) is 14.0. The van der Waals surface area contributed by atoms with Gasteiger partial charge in [0.25, 0.3) is 0 Å². The Bertz CT molecular complexity index is 424. The first-order chi connectivity index (χ1) is 8.97. The molecule has 3 nitrogen and oxygen atoms in total. The van der Waals surface area contributed by atoms with Crippen molar-refractivity contribution in [3.05, 3.63) is 34.9 Å². The summed E-state index contributed by atoms with van der Waals surface area (Å²) in [5.74, 6) is 0.271. The molecule has 1 amide bonds. The number of benzene rings is 1. The van der Waals surface area contributed by atoms with Gasteiger partial charge in [-0.1, -0.05) is 50.6 Å². The lowest BCUT2D eigenvalue weighted by atomic mass is 9.95. The monoisotopic (exact) mass is 318 g/mol. The number of nitrogens with one attached hydrogen (secondary N) is 2. The number of amides is 1. The second-order valence-corrected chi connectivity index (χ2v) is 5.62. The van der Waals surface area contributed by atoms with Gasteiger partial charge in [-0.25, -0.2) is 0 Å². The highest BCUT2D eigenvalue weighted by atomic mass is 35.5. The van der Waals surface area contributed by atoms with Gasteiger partial charge in [-0.2, -0.15) is 0 Å². The third kappa shape index (κ3) is 5.31. The van der Waals surface area contributed by atoms with Crippen LogP contribution < -0.4 is 10.6 Å². The average molecular weight is 319 g/mol. The number of hydrogen-bond donors (Lipinski definition) is 2. The van der Waals surface area contributed by atoms with E-state index in [1.807, 2.05) is 38.2 Å². The smallest absolute Gasteiger partial charge is 0.224 e. The molecule has 2 N–H and O–H groups in total. The predicted octanol–water partition coefficient (Wildman–Crippen LogP) is 3.43. The van der Waals surface area contributed by atoms with E-state index in [0.717, 1.165) is 5.56 Å². The van der Waals surface area contributed by atoms with Crippen LogP contribution in [-0.2, 0) is 4.79 Å². The Hall–Kier alpha value is -0.770. The second-order valence-electron chi connectivity index (χ2n) is 5.21. The second kappa shape index (κ2) is 9.22. The molecule has 0 aliphatic heterocycles. The van der Waals surface area contributed by atoms with Gasteiger partial charge in [0, 0.05) is 17.5 Å². The zero-order valence-electron chi connectivity index (χ0n) is 12.4. The molecule has 0 aliphatic rings. The average Bonchev–Trinajstić information content (AvgIpc) is 2.36. The zero-order chi connectivity index (χ0) is 14.4. The first-order valence-electron chi connectivity index (χ1n) is 6.66. The van der Waals surface area contributed by atoms with Crippen LogP contribution in [0, 0.1) is 11.8 Å². The van der Waals surface area contributed by atoms with E-state index in [1.54, 1.807) is 0 Å². The van der Waals surface area contributed by atoms with Crippen LogP contribution in [0.5, 0.6) is 0 Å². The molecule has 0 radical (unpaired) electrons. The predicted molar refractivity (Wildman–Crippen MR) is 87.5 cm³/mol. The molecular formula is C15H24Cl2N2O. The van der Waals surface area contributed by atoms with Crippen molar-refractivity contribution in [1.29, 1.82) is 0 Å². The Labute approximate surface area is 132 Å². The van der Waals surface area contributed by atoms with E-state index in [4.69, 9.17) is 11.6 Å². The number of carbonyl (C=O) groups is 1. The molecule has 1 rings (SSSR count). The summed E-state index contributed by atoms with van der Waals surface area (Å²) < 4.78 is 0. The van der Waals surface area contributed by atoms with Crippen molar-refractivity contribution in [2.45, 2.75) is 26.8 Å². The van der Waals surface area contributed by atoms with Crippen molar-refractivity contribution in [3.63, 3.8) is 0 Å². The summed E-state index contributed by atoms with van der Waals surface area (Å²) in [6, 6.07) is 7.61. The first-order valence-corrected chi connectivity index (χ1v) is 7.04. The molecule has 20 heavy (non-hydrogen) atoms. The summed E-state index contributed by atoms with van der Waals surface area (Å²) in [5.41, 5.74) is 0.976. The van der Waals surface area contributed by atoms with Gasteiger partial charge in [-0.15, -0.1) is 12.4 Å². The molecule has 5 heteroatoms. The molecule has 0 saturated carbocycles.